The minimum Gasteiger partial charge on any atom is -0.444 e. The van der Waals surface area contributed by atoms with Crippen LogP contribution in [0.4, 0.5) is 13.6 Å². The van der Waals surface area contributed by atoms with Crippen LogP contribution in [0.3, 0.4) is 0 Å². The molecule has 0 aliphatic heterocycles. The fourth-order valence-electron chi connectivity index (χ4n) is 2.12. The molecule has 1 aromatic heterocycles. The number of carbonyl (C=O) groups excluding carboxylic acids is 2. The number of rotatable bonds is 5. The molecule has 0 fully saturated rings. The highest BCUT2D eigenvalue weighted by molar-refractivity contribution is 5.87. The zero-order valence-corrected chi connectivity index (χ0v) is 14.2. The summed E-state index contributed by atoms with van der Waals surface area (Å²) in [5, 5.41) is 6.67. The zero-order chi connectivity index (χ0) is 18.6. The number of carbonyl (C=O) groups is 2. The van der Waals surface area contributed by atoms with Gasteiger partial charge in [0.25, 0.3) is 0 Å². The third-order valence-electron chi connectivity index (χ3n) is 3.17. The van der Waals surface area contributed by atoms with Crippen molar-refractivity contribution in [2.24, 2.45) is 0 Å². The van der Waals surface area contributed by atoms with Gasteiger partial charge in [-0.15, -0.1) is 0 Å². The van der Waals surface area contributed by atoms with Gasteiger partial charge in [-0.05, 0) is 38.5 Å². The second kappa shape index (κ2) is 7.42. The van der Waals surface area contributed by atoms with E-state index < -0.39 is 23.3 Å². The van der Waals surface area contributed by atoms with Crippen molar-refractivity contribution in [3.63, 3.8) is 0 Å². The number of hydrogen-bond donors (Lipinski definition) is 1. The van der Waals surface area contributed by atoms with Crippen LogP contribution in [0.25, 0.3) is 11.1 Å². The largest absolute Gasteiger partial charge is 0.444 e. The Hall–Kier alpha value is -2.77. The van der Waals surface area contributed by atoms with Crippen molar-refractivity contribution in [3.05, 3.63) is 41.7 Å². The lowest BCUT2D eigenvalue weighted by Crippen LogP contribution is -2.34. The van der Waals surface area contributed by atoms with Crippen molar-refractivity contribution in [1.29, 1.82) is 0 Å². The van der Waals surface area contributed by atoms with Crippen LogP contribution in [0, 0.1) is 11.6 Å². The topological polar surface area (TPSA) is 73.2 Å². The van der Waals surface area contributed by atoms with Crippen molar-refractivity contribution in [3.8, 4) is 11.1 Å². The van der Waals surface area contributed by atoms with Crippen molar-refractivity contribution in [1.82, 2.24) is 15.1 Å². The summed E-state index contributed by atoms with van der Waals surface area (Å²) in [6.45, 7) is 5.91. The van der Waals surface area contributed by atoms with Crippen LogP contribution in [-0.4, -0.2) is 34.3 Å². The molecule has 134 valence electrons. The predicted octanol–water partition coefficient (Wildman–Crippen LogP) is 3.17. The van der Waals surface area contributed by atoms with Gasteiger partial charge >= 0.3 is 6.09 Å². The molecule has 0 spiro atoms. The highest BCUT2D eigenvalue weighted by atomic mass is 19.2. The number of hydrogen-bond acceptors (Lipinski definition) is 4. The molecule has 1 N–H and O–H groups in total. The first kappa shape index (κ1) is 18.6. The fourth-order valence-corrected chi connectivity index (χ4v) is 2.12. The number of ether oxygens (including phenoxy) is 1. The first-order valence-corrected chi connectivity index (χ1v) is 7.63. The minimum atomic E-state index is -1.08. The molecule has 2 aromatic rings. The first-order valence-electron chi connectivity index (χ1n) is 7.63. The lowest BCUT2D eigenvalue weighted by atomic mass is 10.0. The van der Waals surface area contributed by atoms with E-state index in [1.54, 1.807) is 27.0 Å². The average Bonchev–Trinajstić information content (AvgIpc) is 2.96. The fraction of sp³-hybridized carbons (Fsp3) is 0.353. The maximum atomic E-state index is 13.4. The van der Waals surface area contributed by atoms with Gasteiger partial charge in [0.1, 0.15) is 5.60 Å². The molecule has 0 atom stereocenters. The molecule has 0 radical (unpaired) electrons. The molecule has 1 heterocycles. The summed E-state index contributed by atoms with van der Waals surface area (Å²) in [6.07, 6.45) is 2.94. The van der Waals surface area contributed by atoms with Crippen molar-refractivity contribution in [2.75, 3.05) is 6.54 Å². The number of alkyl carbamates (subject to hydrolysis) is 1. The highest BCUT2D eigenvalue weighted by Crippen LogP contribution is 2.25. The maximum absolute atomic E-state index is 13.4. The summed E-state index contributed by atoms with van der Waals surface area (Å²) in [4.78, 5) is 22.6. The minimum absolute atomic E-state index is 0.0327. The molecule has 0 bridgehead atoms. The van der Waals surface area contributed by atoms with Gasteiger partial charge in [-0.3, -0.25) is 9.48 Å². The quantitative estimate of drug-likeness (QED) is 0.840. The molecule has 0 aliphatic rings. The number of aldehydes is 1. The molecule has 0 unspecified atom stereocenters. The predicted molar refractivity (Wildman–Crippen MR) is 87.2 cm³/mol. The van der Waals surface area contributed by atoms with Gasteiger partial charge in [-0.2, -0.15) is 5.10 Å². The molecular weight excluding hydrogens is 332 g/mol. The number of halogens is 2. The number of nitrogens with zero attached hydrogens (tertiary/aromatic N) is 2. The SMILES string of the molecule is CC(C)(C)OC(=O)NCCn1cc(-c2cc(F)c(F)cc2C=O)cn1. The summed E-state index contributed by atoms with van der Waals surface area (Å²) in [7, 11) is 0. The summed E-state index contributed by atoms with van der Waals surface area (Å²) in [5.74, 6) is -2.13. The third-order valence-corrected chi connectivity index (χ3v) is 3.17. The lowest BCUT2D eigenvalue weighted by Gasteiger charge is -2.19. The van der Waals surface area contributed by atoms with Gasteiger partial charge < -0.3 is 10.1 Å². The van der Waals surface area contributed by atoms with Gasteiger partial charge in [0.15, 0.2) is 17.9 Å². The monoisotopic (exact) mass is 351 g/mol. The standard InChI is InChI=1S/C17H19F2N3O3/c1-17(2,3)25-16(24)20-4-5-22-9-12(8-21-22)13-7-15(19)14(18)6-11(13)10-23/h6-10H,4-5H2,1-3H3,(H,20,24). The second-order valence-electron chi connectivity index (χ2n) is 6.39. The molecular formula is C17H19F2N3O3. The Labute approximate surface area is 143 Å². The summed E-state index contributed by atoms with van der Waals surface area (Å²) < 4.78 is 33.3. The van der Waals surface area contributed by atoms with Crippen LogP contribution < -0.4 is 5.32 Å². The van der Waals surface area contributed by atoms with E-state index in [9.17, 15) is 18.4 Å². The molecule has 25 heavy (non-hydrogen) atoms. The van der Waals surface area contributed by atoms with E-state index in [1.807, 2.05) is 0 Å². The van der Waals surface area contributed by atoms with Gasteiger partial charge in [0.05, 0.1) is 12.7 Å². The van der Waals surface area contributed by atoms with E-state index in [1.165, 1.54) is 10.9 Å². The van der Waals surface area contributed by atoms with E-state index >= 15 is 0 Å². The van der Waals surface area contributed by atoms with Gasteiger partial charge in [-0.1, -0.05) is 0 Å². The zero-order valence-electron chi connectivity index (χ0n) is 14.2. The van der Waals surface area contributed by atoms with Crippen molar-refractivity contribution in [2.45, 2.75) is 32.9 Å². The Bertz CT molecular complexity index is 782. The van der Waals surface area contributed by atoms with Crippen LogP contribution in [0.15, 0.2) is 24.5 Å². The lowest BCUT2D eigenvalue weighted by molar-refractivity contribution is 0.0525. The molecule has 1 aromatic carbocycles. The van der Waals surface area contributed by atoms with Gasteiger partial charge in [-0.25, -0.2) is 13.6 Å². The van der Waals surface area contributed by atoms with E-state index in [0.29, 0.717) is 18.4 Å². The molecule has 2 rings (SSSR count). The Kier molecular flexibility index (Phi) is 5.51. The first-order chi connectivity index (χ1) is 11.7. The summed E-state index contributed by atoms with van der Waals surface area (Å²) >= 11 is 0. The molecule has 0 aliphatic carbocycles. The molecule has 0 saturated heterocycles. The van der Waals surface area contributed by atoms with Crippen LogP contribution in [0.2, 0.25) is 0 Å². The molecule has 0 saturated carbocycles. The van der Waals surface area contributed by atoms with Crippen LogP contribution >= 0.6 is 0 Å². The second-order valence-corrected chi connectivity index (χ2v) is 6.39. The molecule has 8 heteroatoms. The highest BCUT2D eigenvalue weighted by Gasteiger charge is 2.16. The normalized spacial score (nSPS) is 11.2. The van der Waals surface area contributed by atoms with Gasteiger partial charge in [0.2, 0.25) is 0 Å². The summed E-state index contributed by atoms with van der Waals surface area (Å²) in [5.41, 5.74) is 0.171. The smallest absolute Gasteiger partial charge is 0.407 e. The Balaban J connectivity index is 2.02. The number of benzene rings is 1. The maximum Gasteiger partial charge on any atom is 0.407 e. The van der Waals surface area contributed by atoms with Crippen molar-refractivity contribution >= 4 is 12.4 Å². The molecule has 1 amide bonds. The number of aromatic nitrogens is 2. The Morgan fingerprint density at radius 1 is 1.32 bits per heavy atom. The number of nitrogens with one attached hydrogen (secondary N) is 1. The van der Waals surface area contributed by atoms with E-state index in [2.05, 4.69) is 10.4 Å². The Morgan fingerprint density at radius 3 is 2.64 bits per heavy atom. The van der Waals surface area contributed by atoms with Gasteiger partial charge in [0, 0.05) is 23.9 Å². The Morgan fingerprint density at radius 2 is 2.00 bits per heavy atom. The summed E-state index contributed by atoms with van der Waals surface area (Å²) in [6, 6.07) is 1.80. The van der Waals surface area contributed by atoms with E-state index in [4.69, 9.17) is 4.74 Å². The van der Waals surface area contributed by atoms with E-state index in [0.717, 1.165) is 12.1 Å². The average molecular weight is 351 g/mol. The van der Waals surface area contributed by atoms with Crippen LogP contribution in [0.1, 0.15) is 31.1 Å². The van der Waals surface area contributed by atoms with Crippen LogP contribution in [0.5, 0.6) is 0 Å². The molecule has 6 nitrogen and oxygen atoms in total. The third kappa shape index (κ3) is 5.10. The van der Waals surface area contributed by atoms with E-state index in [-0.39, 0.29) is 17.7 Å². The number of amides is 1. The van der Waals surface area contributed by atoms with Crippen molar-refractivity contribution < 1.29 is 23.1 Å². The van der Waals surface area contributed by atoms with Crippen LogP contribution in [-0.2, 0) is 11.3 Å².